The summed E-state index contributed by atoms with van der Waals surface area (Å²) >= 11 is 11.8. The van der Waals surface area contributed by atoms with Gasteiger partial charge in [-0.2, -0.15) is 0 Å². The van der Waals surface area contributed by atoms with Crippen LogP contribution in [0.2, 0.25) is 0 Å². The van der Waals surface area contributed by atoms with Crippen LogP contribution in [0.1, 0.15) is 27.2 Å². The van der Waals surface area contributed by atoms with Crippen molar-refractivity contribution < 1.29 is 13.2 Å². The summed E-state index contributed by atoms with van der Waals surface area (Å²) in [5, 5.41) is 2.54. The number of likely N-dealkylation sites (N-methyl/N-ethyl adjacent to an activating group) is 1. The number of hydrogen-bond donors (Lipinski definition) is 2. The first-order valence-electron chi connectivity index (χ1n) is 5.68. The molecule has 0 spiro atoms. The lowest BCUT2D eigenvalue weighted by molar-refractivity contribution is -0.122. The SMILES string of the molecule is CCNC(=O)[C@@H](C)NS(=O)(=O)C[C@]1(C)CC1(Cl)Cl. The molecule has 2 atom stereocenters. The van der Waals surface area contributed by atoms with E-state index in [4.69, 9.17) is 23.2 Å². The van der Waals surface area contributed by atoms with Gasteiger partial charge in [-0.25, -0.2) is 13.1 Å². The third-order valence-corrected chi connectivity index (χ3v) is 5.89. The Hall–Kier alpha value is -0.0400. The summed E-state index contributed by atoms with van der Waals surface area (Å²) in [4.78, 5) is 11.4. The zero-order valence-corrected chi connectivity index (χ0v) is 12.9. The summed E-state index contributed by atoms with van der Waals surface area (Å²) in [7, 11) is -3.59. The average Bonchev–Trinajstić information content (AvgIpc) is 2.62. The molecule has 2 N–H and O–H groups in total. The molecule has 1 fully saturated rings. The van der Waals surface area contributed by atoms with Gasteiger partial charge in [-0.15, -0.1) is 23.2 Å². The van der Waals surface area contributed by atoms with Crippen molar-refractivity contribution in [3.8, 4) is 0 Å². The third kappa shape index (κ3) is 3.73. The fraction of sp³-hybridized carbons (Fsp3) is 0.900. The number of amides is 1. The quantitative estimate of drug-likeness (QED) is 0.718. The molecule has 1 aliphatic carbocycles. The maximum Gasteiger partial charge on any atom is 0.237 e. The molecule has 0 aromatic heterocycles. The van der Waals surface area contributed by atoms with E-state index in [1.807, 2.05) is 0 Å². The molecular formula is C10H18Cl2N2O3S. The Bertz CT molecular complexity index is 438. The van der Waals surface area contributed by atoms with Crippen molar-refractivity contribution in [3.63, 3.8) is 0 Å². The summed E-state index contributed by atoms with van der Waals surface area (Å²) in [5.41, 5.74) is -0.650. The molecule has 106 valence electrons. The lowest BCUT2D eigenvalue weighted by atomic mass is 10.2. The molecule has 8 heteroatoms. The Morgan fingerprint density at radius 1 is 1.44 bits per heavy atom. The highest BCUT2D eigenvalue weighted by Gasteiger charge is 2.64. The van der Waals surface area contributed by atoms with Crippen molar-refractivity contribution >= 4 is 39.1 Å². The fourth-order valence-corrected chi connectivity index (χ4v) is 4.51. The monoisotopic (exact) mass is 316 g/mol. The molecule has 1 saturated carbocycles. The molecule has 0 heterocycles. The van der Waals surface area contributed by atoms with Gasteiger partial charge in [-0.05, 0) is 20.3 Å². The highest BCUT2D eigenvalue weighted by Crippen LogP contribution is 2.64. The first-order chi connectivity index (χ1) is 8.03. The predicted octanol–water partition coefficient (Wildman–Crippen LogP) is 1.01. The Kier molecular flexibility index (Phi) is 4.58. The van der Waals surface area contributed by atoms with Crippen molar-refractivity contribution in [3.05, 3.63) is 0 Å². The summed E-state index contributed by atoms with van der Waals surface area (Å²) in [6, 6.07) is -0.808. The second-order valence-corrected chi connectivity index (χ2v) is 8.17. The molecular weight excluding hydrogens is 299 g/mol. The molecule has 0 radical (unpaired) electrons. The summed E-state index contributed by atoms with van der Waals surface area (Å²) < 4.78 is 25.1. The van der Waals surface area contributed by atoms with Gasteiger partial charge in [0.25, 0.3) is 0 Å². The van der Waals surface area contributed by atoms with Crippen LogP contribution in [-0.4, -0.2) is 37.0 Å². The molecule has 1 amide bonds. The second-order valence-electron chi connectivity index (χ2n) is 4.94. The van der Waals surface area contributed by atoms with Gasteiger partial charge in [0, 0.05) is 12.0 Å². The van der Waals surface area contributed by atoms with Crippen LogP contribution in [0.25, 0.3) is 0 Å². The Morgan fingerprint density at radius 2 is 1.94 bits per heavy atom. The van der Waals surface area contributed by atoms with E-state index in [0.29, 0.717) is 13.0 Å². The number of carbonyl (C=O) groups is 1. The summed E-state index contributed by atoms with van der Waals surface area (Å²) in [6.45, 7) is 5.42. The van der Waals surface area contributed by atoms with Gasteiger partial charge in [-0.1, -0.05) is 6.92 Å². The zero-order valence-electron chi connectivity index (χ0n) is 10.6. The van der Waals surface area contributed by atoms with E-state index in [2.05, 4.69) is 10.0 Å². The van der Waals surface area contributed by atoms with E-state index in [1.165, 1.54) is 6.92 Å². The van der Waals surface area contributed by atoms with Crippen LogP contribution in [0.4, 0.5) is 0 Å². The maximum atomic E-state index is 11.9. The zero-order chi connectivity index (χ0) is 14.2. The molecule has 1 aliphatic rings. The van der Waals surface area contributed by atoms with Gasteiger partial charge in [-0.3, -0.25) is 4.79 Å². The molecule has 0 aromatic carbocycles. The lowest BCUT2D eigenvalue weighted by Gasteiger charge is -2.17. The molecule has 18 heavy (non-hydrogen) atoms. The van der Waals surface area contributed by atoms with Crippen LogP contribution < -0.4 is 10.0 Å². The van der Waals surface area contributed by atoms with E-state index in [0.717, 1.165) is 0 Å². The number of carbonyl (C=O) groups excluding carboxylic acids is 1. The molecule has 0 saturated heterocycles. The van der Waals surface area contributed by atoms with Crippen LogP contribution in [0.5, 0.6) is 0 Å². The summed E-state index contributed by atoms with van der Waals surface area (Å²) in [5.74, 6) is -0.540. The molecule has 1 rings (SSSR count). The standard InChI is InChI=1S/C10H18Cl2N2O3S/c1-4-13-8(15)7(2)14-18(16,17)6-9(3)5-10(9,11)12/h7,14H,4-6H2,1-3H3,(H,13,15)/t7-,9+/m1/s1. The largest absolute Gasteiger partial charge is 0.355 e. The minimum absolute atomic E-state index is 0.184. The van der Waals surface area contributed by atoms with Gasteiger partial charge in [0.15, 0.2) is 0 Å². The Balaban J connectivity index is 2.59. The van der Waals surface area contributed by atoms with E-state index in [-0.39, 0.29) is 11.7 Å². The average molecular weight is 317 g/mol. The number of hydrogen-bond acceptors (Lipinski definition) is 3. The van der Waals surface area contributed by atoms with Gasteiger partial charge in [0.05, 0.1) is 11.8 Å². The van der Waals surface area contributed by atoms with Crippen LogP contribution >= 0.6 is 23.2 Å². The number of halogens is 2. The highest BCUT2D eigenvalue weighted by atomic mass is 35.5. The second kappa shape index (κ2) is 5.15. The topological polar surface area (TPSA) is 75.3 Å². The van der Waals surface area contributed by atoms with Gasteiger partial charge >= 0.3 is 0 Å². The summed E-state index contributed by atoms with van der Waals surface area (Å²) in [6.07, 6.45) is 0.430. The lowest BCUT2D eigenvalue weighted by Crippen LogP contribution is -2.46. The van der Waals surface area contributed by atoms with Crippen molar-refractivity contribution in [2.24, 2.45) is 5.41 Å². The molecule has 0 aromatic rings. The number of rotatable bonds is 6. The van der Waals surface area contributed by atoms with Crippen LogP contribution in [0, 0.1) is 5.41 Å². The molecule has 0 unspecified atom stereocenters. The van der Waals surface area contributed by atoms with E-state index in [1.54, 1.807) is 13.8 Å². The highest BCUT2D eigenvalue weighted by molar-refractivity contribution is 7.89. The van der Waals surface area contributed by atoms with Gasteiger partial charge < -0.3 is 5.32 Å². The van der Waals surface area contributed by atoms with Crippen LogP contribution in [0.3, 0.4) is 0 Å². The van der Waals surface area contributed by atoms with Crippen molar-refractivity contribution in [1.29, 1.82) is 0 Å². The van der Waals surface area contributed by atoms with E-state index >= 15 is 0 Å². The first-order valence-corrected chi connectivity index (χ1v) is 8.09. The number of alkyl halides is 2. The first kappa shape index (κ1) is 16.0. The normalized spacial score (nSPS) is 27.6. The maximum absolute atomic E-state index is 11.9. The van der Waals surface area contributed by atoms with Gasteiger partial charge in [0.2, 0.25) is 15.9 Å². The number of sulfonamides is 1. The molecule has 5 nitrogen and oxygen atoms in total. The van der Waals surface area contributed by atoms with Crippen molar-refractivity contribution in [2.75, 3.05) is 12.3 Å². The third-order valence-electron chi connectivity index (χ3n) is 2.98. The van der Waals surface area contributed by atoms with Crippen LogP contribution in [0.15, 0.2) is 0 Å². The van der Waals surface area contributed by atoms with E-state index in [9.17, 15) is 13.2 Å². The van der Waals surface area contributed by atoms with Gasteiger partial charge in [0.1, 0.15) is 4.33 Å². The minimum atomic E-state index is -3.59. The predicted molar refractivity (Wildman–Crippen MR) is 72.2 cm³/mol. The minimum Gasteiger partial charge on any atom is -0.355 e. The van der Waals surface area contributed by atoms with Crippen LogP contribution in [-0.2, 0) is 14.8 Å². The molecule has 0 aliphatic heterocycles. The van der Waals surface area contributed by atoms with E-state index < -0.39 is 25.8 Å². The fourth-order valence-electron chi connectivity index (χ4n) is 1.71. The Labute approximate surface area is 118 Å². The Morgan fingerprint density at radius 3 is 2.33 bits per heavy atom. The van der Waals surface area contributed by atoms with Crippen molar-refractivity contribution in [1.82, 2.24) is 10.0 Å². The van der Waals surface area contributed by atoms with Crippen molar-refractivity contribution in [2.45, 2.75) is 37.6 Å². The number of nitrogens with one attached hydrogen (secondary N) is 2. The smallest absolute Gasteiger partial charge is 0.237 e. The molecule has 0 bridgehead atoms.